The number of hydrogen-bond donors (Lipinski definition) is 2. The van der Waals surface area contributed by atoms with Crippen LogP contribution in [-0.2, 0) is 16.1 Å². The second-order valence-electron chi connectivity index (χ2n) is 8.83. The maximum absolute atomic E-state index is 12.7. The van der Waals surface area contributed by atoms with Crippen molar-refractivity contribution in [1.29, 1.82) is 0 Å². The third kappa shape index (κ3) is 6.10. The first-order valence-electron chi connectivity index (χ1n) is 10.2. The first-order valence-corrected chi connectivity index (χ1v) is 11.0. The highest BCUT2D eigenvalue weighted by molar-refractivity contribution is 7.14. The van der Waals surface area contributed by atoms with Crippen molar-refractivity contribution in [2.75, 3.05) is 23.7 Å². The van der Waals surface area contributed by atoms with Gasteiger partial charge in [0.2, 0.25) is 5.91 Å². The molecule has 2 N–H and O–H groups in total. The summed E-state index contributed by atoms with van der Waals surface area (Å²) in [5, 5.41) is 8.24. The standard InChI is InChI=1S/C22H30N4O3S/c1-14-10-26(11-15(2)29-14)12-18-13-30-21(24-18)25-19(27)16-7-6-8-17(9-16)23-20(28)22(3,4)5/h6-9,13-15H,10-12H2,1-5H3,(H,23,28)(H,24,25,27)/t14-,15-/m0/s1. The van der Waals surface area contributed by atoms with Gasteiger partial charge in [0.1, 0.15) is 0 Å². The molecule has 0 bridgehead atoms. The summed E-state index contributed by atoms with van der Waals surface area (Å²) in [6.07, 6.45) is 0.412. The van der Waals surface area contributed by atoms with Gasteiger partial charge >= 0.3 is 0 Å². The summed E-state index contributed by atoms with van der Waals surface area (Å²) in [6.45, 7) is 12.2. The second kappa shape index (κ2) is 9.24. The number of aromatic nitrogens is 1. The molecule has 1 fully saturated rings. The van der Waals surface area contributed by atoms with Crippen molar-refractivity contribution in [2.45, 2.75) is 53.4 Å². The van der Waals surface area contributed by atoms with Crippen LogP contribution in [0.25, 0.3) is 0 Å². The van der Waals surface area contributed by atoms with E-state index in [1.165, 1.54) is 11.3 Å². The predicted octanol–water partition coefficient (Wildman–Crippen LogP) is 3.99. The van der Waals surface area contributed by atoms with E-state index in [9.17, 15) is 9.59 Å². The minimum atomic E-state index is -0.508. The average Bonchev–Trinajstić information content (AvgIpc) is 3.07. The molecule has 2 aromatic rings. The van der Waals surface area contributed by atoms with E-state index >= 15 is 0 Å². The fourth-order valence-electron chi connectivity index (χ4n) is 3.31. The van der Waals surface area contributed by atoms with Crippen LogP contribution < -0.4 is 10.6 Å². The van der Waals surface area contributed by atoms with Crippen LogP contribution in [0.1, 0.15) is 50.7 Å². The summed E-state index contributed by atoms with van der Waals surface area (Å²) in [4.78, 5) is 31.7. The Morgan fingerprint density at radius 3 is 2.57 bits per heavy atom. The highest BCUT2D eigenvalue weighted by Gasteiger charge is 2.23. The highest BCUT2D eigenvalue weighted by atomic mass is 32.1. The molecule has 2 amide bonds. The maximum Gasteiger partial charge on any atom is 0.257 e. The van der Waals surface area contributed by atoms with Crippen LogP contribution >= 0.6 is 11.3 Å². The van der Waals surface area contributed by atoms with Crippen LogP contribution in [0.2, 0.25) is 0 Å². The number of carbonyl (C=O) groups is 2. The molecule has 1 aliphatic heterocycles. The van der Waals surface area contributed by atoms with Gasteiger partial charge in [-0.1, -0.05) is 26.8 Å². The predicted molar refractivity (Wildman–Crippen MR) is 120 cm³/mol. The van der Waals surface area contributed by atoms with Crippen molar-refractivity contribution in [3.05, 3.63) is 40.9 Å². The van der Waals surface area contributed by atoms with Crippen molar-refractivity contribution < 1.29 is 14.3 Å². The normalized spacial score (nSPS) is 20.0. The third-order valence-corrected chi connectivity index (χ3v) is 5.52. The number of ether oxygens (including phenoxy) is 1. The topological polar surface area (TPSA) is 83.6 Å². The quantitative estimate of drug-likeness (QED) is 0.749. The Hall–Kier alpha value is -2.29. The Kier molecular flexibility index (Phi) is 6.90. The average molecular weight is 431 g/mol. The lowest BCUT2D eigenvalue weighted by molar-refractivity contribution is -0.123. The van der Waals surface area contributed by atoms with Gasteiger partial charge in [-0.25, -0.2) is 4.98 Å². The first kappa shape index (κ1) is 22.4. The minimum absolute atomic E-state index is 0.101. The molecule has 30 heavy (non-hydrogen) atoms. The van der Waals surface area contributed by atoms with Gasteiger partial charge in [0.05, 0.1) is 17.9 Å². The Bertz CT molecular complexity index is 896. The summed E-state index contributed by atoms with van der Waals surface area (Å²) >= 11 is 1.41. The molecule has 2 heterocycles. The van der Waals surface area contributed by atoms with E-state index < -0.39 is 5.41 Å². The van der Waals surface area contributed by atoms with Gasteiger partial charge in [-0.2, -0.15) is 0 Å². The number of nitrogens with zero attached hydrogens (tertiary/aromatic N) is 2. The summed E-state index contributed by atoms with van der Waals surface area (Å²) in [5.41, 5.74) is 1.49. The number of morpholine rings is 1. The molecule has 0 aliphatic carbocycles. The van der Waals surface area contributed by atoms with Gasteiger partial charge in [-0.3, -0.25) is 19.8 Å². The molecule has 7 nitrogen and oxygen atoms in total. The van der Waals surface area contributed by atoms with Crippen LogP contribution in [0, 0.1) is 5.41 Å². The molecule has 162 valence electrons. The molecular formula is C22H30N4O3S. The molecule has 1 aromatic heterocycles. The minimum Gasteiger partial charge on any atom is -0.373 e. The fraction of sp³-hybridized carbons (Fsp3) is 0.500. The Labute approximate surface area is 181 Å². The van der Waals surface area contributed by atoms with Gasteiger partial charge in [0.15, 0.2) is 5.13 Å². The molecule has 0 radical (unpaired) electrons. The third-order valence-electron chi connectivity index (χ3n) is 4.72. The van der Waals surface area contributed by atoms with E-state index in [0.29, 0.717) is 16.4 Å². The van der Waals surface area contributed by atoms with Crippen molar-refractivity contribution in [2.24, 2.45) is 5.41 Å². The Morgan fingerprint density at radius 2 is 1.90 bits per heavy atom. The van der Waals surface area contributed by atoms with Gasteiger partial charge in [0.25, 0.3) is 5.91 Å². The number of benzene rings is 1. The number of hydrogen-bond acceptors (Lipinski definition) is 6. The zero-order chi connectivity index (χ0) is 21.9. The number of anilines is 2. The highest BCUT2D eigenvalue weighted by Crippen LogP contribution is 2.21. The van der Waals surface area contributed by atoms with Crippen LogP contribution in [0.15, 0.2) is 29.6 Å². The van der Waals surface area contributed by atoms with E-state index in [-0.39, 0.29) is 24.0 Å². The SMILES string of the molecule is C[C@H]1CN(Cc2csc(NC(=O)c3cccc(NC(=O)C(C)(C)C)c3)n2)C[C@H](C)O1. The lowest BCUT2D eigenvalue weighted by Gasteiger charge is -2.34. The van der Waals surface area contributed by atoms with Gasteiger partial charge < -0.3 is 10.1 Å². The fourth-order valence-corrected chi connectivity index (χ4v) is 4.00. The van der Waals surface area contributed by atoms with Crippen molar-refractivity contribution in [3.63, 3.8) is 0 Å². The number of thiazole rings is 1. The lowest BCUT2D eigenvalue weighted by atomic mass is 9.95. The summed E-state index contributed by atoms with van der Waals surface area (Å²) < 4.78 is 5.77. The van der Waals surface area contributed by atoms with Crippen LogP contribution in [-0.4, -0.2) is 47.0 Å². The van der Waals surface area contributed by atoms with Crippen LogP contribution in [0.5, 0.6) is 0 Å². The molecule has 0 saturated carbocycles. The van der Waals surface area contributed by atoms with Crippen LogP contribution in [0.4, 0.5) is 10.8 Å². The number of rotatable bonds is 5. The molecular weight excluding hydrogens is 400 g/mol. The number of nitrogens with one attached hydrogen (secondary N) is 2. The number of carbonyl (C=O) groups excluding carboxylic acids is 2. The molecule has 2 atom stereocenters. The molecule has 1 aromatic carbocycles. The summed E-state index contributed by atoms with van der Waals surface area (Å²) in [7, 11) is 0. The maximum atomic E-state index is 12.7. The molecule has 8 heteroatoms. The van der Waals surface area contributed by atoms with Crippen molar-refractivity contribution in [1.82, 2.24) is 9.88 Å². The van der Waals surface area contributed by atoms with Crippen molar-refractivity contribution in [3.8, 4) is 0 Å². The van der Waals surface area contributed by atoms with Gasteiger partial charge in [-0.15, -0.1) is 11.3 Å². The largest absolute Gasteiger partial charge is 0.373 e. The van der Waals surface area contributed by atoms with Crippen molar-refractivity contribution >= 4 is 34.0 Å². The smallest absolute Gasteiger partial charge is 0.257 e. The van der Waals surface area contributed by atoms with E-state index in [1.807, 2.05) is 26.2 Å². The molecule has 1 saturated heterocycles. The molecule has 1 aliphatic rings. The second-order valence-corrected chi connectivity index (χ2v) is 9.69. The lowest BCUT2D eigenvalue weighted by Crippen LogP contribution is -2.44. The van der Waals surface area contributed by atoms with E-state index in [0.717, 1.165) is 25.3 Å². The van der Waals surface area contributed by atoms with E-state index in [4.69, 9.17) is 4.74 Å². The number of amides is 2. The van der Waals surface area contributed by atoms with Gasteiger partial charge in [0, 0.05) is 41.7 Å². The van der Waals surface area contributed by atoms with E-state index in [1.54, 1.807) is 24.3 Å². The molecule has 0 unspecified atom stereocenters. The Balaban J connectivity index is 1.60. The van der Waals surface area contributed by atoms with Gasteiger partial charge in [-0.05, 0) is 32.0 Å². The summed E-state index contributed by atoms with van der Waals surface area (Å²) in [6, 6.07) is 6.91. The van der Waals surface area contributed by atoms with Crippen LogP contribution in [0.3, 0.4) is 0 Å². The molecule has 3 rings (SSSR count). The molecule has 0 spiro atoms. The van der Waals surface area contributed by atoms with E-state index in [2.05, 4.69) is 34.4 Å². The summed E-state index contributed by atoms with van der Waals surface area (Å²) in [5.74, 6) is -0.354. The zero-order valence-corrected chi connectivity index (χ0v) is 19.0. The monoisotopic (exact) mass is 430 g/mol. The first-order chi connectivity index (χ1) is 14.1. The Morgan fingerprint density at radius 1 is 1.20 bits per heavy atom. The zero-order valence-electron chi connectivity index (χ0n) is 18.2.